The first-order chi connectivity index (χ1) is 12.2. The van der Waals surface area contributed by atoms with Crippen LogP contribution in [0.15, 0.2) is 23.2 Å². The third-order valence-corrected chi connectivity index (χ3v) is 5.39. The molecule has 1 unspecified atom stereocenters. The average Bonchev–Trinajstić information content (AvgIpc) is 3.26. The highest BCUT2D eigenvalue weighted by molar-refractivity contribution is 5.80. The van der Waals surface area contributed by atoms with Crippen molar-refractivity contribution in [3.8, 4) is 5.75 Å². The minimum atomic E-state index is 0.362. The van der Waals surface area contributed by atoms with Crippen LogP contribution in [0, 0.1) is 12.3 Å². The lowest BCUT2D eigenvalue weighted by Gasteiger charge is -2.25. The van der Waals surface area contributed by atoms with Gasteiger partial charge in [-0.15, -0.1) is 0 Å². The quantitative estimate of drug-likeness (QED) is 0.658. The van der Waals surface area contributed by atoms with Crippen LogP contribution in [-0.2, 0) is 11.2 Å². The summed E-state index contributed by atoms with van der Waals surface area (Å²) in [6.07, 6.45) is 3.33. The van der Waals surface area contributed by atoms with E-state index in [0.717, 1.165) is 57.5 Å². The fourth-order valence-corrected chi connectivity index (χ4v) is 3.82. The Bertz CT molecular complexity index is 609. The second-order valence-electron chi connectivity index (χ2n) is 7.26. The van der Waals surface area contributed by atoms with Crippen molar-refractivity contribution < 1.29 is 9.47 Å². The fourth-order valence-electron chi connectivity index (χ4n) is 3.82. The molecule has 3 rings (SSSR count). The highest BCUT2D eigenvalue weighted by Gasteiger charge is 2.42. The number of methoxy groups -OCH3 is 1. The molecule has 2 heterocycles. The lowest BCUT2D eigenvalue weighted by molar-refractivity contribution is 0.156. The van der Waals surface area contributed by atoms with Gasteiger partial charge in [0.05, 0.1) is 13.7 Å². The third kappa shape index (κ3) is 4.27. The van der Waals surface area contributed by atoms with Gasteiger partial charge in [-0.3, -0.25) is 4.99 Å². The van der Waals surface area contributed by atoms with E-state index >= 15 is 0 Å². The molecule has 1 spiro atoms. The molecule has 1 aromatic rings. The van der Waals surface area contributed by atoms with Crippen LogP contribution >= 0.6 is 0 Å². The minimum Gasteiger partial charge on any atom is -0.496 e. The van der Waals surface area contributed by atoms with Gasteiger partial charge < -0.3 is 19.7 Å². The van der Waals surface area contributed by atoms with Gasteiger partial charge in [0.2, 0.25) is 0 Å². The molecule has 0 radical (unpaired) electrons. The van der Waals surface area contributed by atoms with E-state index in [9.17, 15) is 0 Å². The van der Waals surface area contributed by atoms with E-state index < -0.39 is 0 Å². The number of nitrogens with one attached hydrogen (secondary N) is 1. The van der Waals surface area contributed by atoms with E-state index in [0.29, 0.717) is 5.41 Å². The van der Waals surface area contributed by atoms with Crippen LogP contribution < -0.4 is 10.1 Å². The summed E-state index contributed by atoms with van der Waals surface area (Å²) in [6, 6.07) is 6.41. The van der Waals surface area contributed by atoms with Crippen molar-refractivity contribution in [3.63, 3.8) is 0 Å². The summed E-state index contributed by atoms with van der Waals surface area (Å²) in [5.74, 6) is 2.00. The zero-order valence-electron chi connectivity index (χ0n) is 15.8. The Morgan fingerprint density at radius 2 is 2.28 bits per heavy atom. The summed E-state index contributed by atoms with van der Waals surface area (Å²) in [6.45, 7) is 9.85. The Hall–Kier alpha value is -1.75. The molecule has 138 valence electrons. The Morgan fingerprint density at radius 1 is 1.40 bits per heavy atom. The molecule has 0 aromatic heterocycles. The van der Waals surface area contributed by atoms with Gasteiger partial charge in [-0.25, -0.2) is 0 Å². The maximum atomic E-state index is 5.64. The Morgan fingerprint density at radius 3 is 3.00 bits per heavy atom. The first-order valence-corrected chi connectivity index (χ1v) is 9.40. The zero-order valence-corrected chi connectivity index (χ0v) is 15.8. The third-order valence-electron chi connectivity index (χ3n) is 5.39. The van der Waals surface area contributed by atoms with E-state index in [2.05, 4.69) is 42.3 Å². The predicted octanol–water partition coefficient (Wildman–Crippen LogP) is 2.62. The lowest BCUT2D eigenvalue weighted by atomic mass is 9.87. The Kier molecular flexibility index (Phi) is 5.84. The first-order valence-electron chi connectivity index (χ1n) is 9.40. The van der Waals surface area contributed by atoms with Crippen molar-refractivity contribution in [1.82, 2.24) is 10.2 Å². The van der Waals surface area contributed by atoms with Gasteiger partial charge in [0.25, 0.3) is 0 Å². The molecule has 25 heavy (non-hydrogen) atoms. The Labute approximate surface area is 151 Å². The number of hydrogen-bond acceptors (Lipinski definition) is 3. The van der Waals surface area contributed by atoms with E-state index in [1.165, 1.54) is 24.0 Å². The molecule has 2 fully saturated rings. The fraction of sp³-hybridized carbons (Fsp3) is 0.650. The van der Waals surface area contributed by atoms with E-state index in [1.807, 2.05) is 0 Å². The SMILES string of the molecule is CCNC(=NCCc1ccc(C)c(OC)c1)N1CCC2(CCOC2)C1. The number of aliphatic imine (C=N–C) groups is 1. The van der Waals surface area contributed by atoms with Gasteiger partial charge in [-0.2, -0.15) is 0 Å². The van der Waals surface area contributed by atoms with Crippen LogP contribution in [0.25, 0.3) is 0 Å². The second kappa shape index (κ2) is 8.09. The number of likely N-dealkylation sites (tertiary alicyclic amines) is 1. The molecule has 5 heteroatoms. The van der Waals surface area contributed by atoms with Crippen LogP contribution in [0.2, 0.25) is 0 Å². The number of aryl methyl sites for hydroxylation is 1. The van der Waals surface area contributed by atoms with Gasteiger partial charge in [-0.1, -0.05) is 12.1 Å². The maximum Gasteiger partial charge on any atom is 0.193 e. The molecule has 2 aliphatic heterocycles. The smallest absolute Gasteiger partial charge is 0.193 e. The molecular weight excluding hydrogens is 314 g/mol. The summed E-state index contributed by atoms with van der Waals surface area (Å²) < 4.78 is 11.1. The summed E-state index contributed by atoms with van der Waals surface area (Å²) in [5.41, 5.74) is 2.80. The van der Waals surface area contributed by atoms with Crippen LogP contribution in [0.3, 0.4) is 0 Å². The van der Waals surface area contributed by atoms with Crippen molar-refractivity contribution in [3.05, 3.63) is 29.3 Å². The Balaban J connectivity index is 1.61. The van der Waals surface area contributed by atoms with E-state index in [4.69, 9.17) is 14.5 Å². The molecule has 0 bridgehead atoms. The predicted molar refractivity (Wildman–Crippen MR) is 101 cm³/mol. The molecule has 1 atom stereocenters. The summed E-state index contributed by atoms with van der Waals surface area (Å²) in [5, 5.41) is 3.46. The minimum absolute atomic E-state index is 0.362. The molecule has 0 aliphatic carbocycles. The standard InChI is InChI=1S/C20H31N3O2/c1-4-21-19(23-11-8-20(14-23)9-12-25-15-20)22-10-7-17-6-5-16(2)18(13-17)24-3/h5-6,13H,4,7-12,14-15H2,1-3H3,(H,21,22). The molecule has 1 aromatic carbocycles. The maximum absolute atomic E-state index is 5.64. The van der Waals surface area contributed by atoms with Gasteiger partial charge >= 0.3 is 0 Å². The first kappa shape index (κ1) is 18.1. The molecule has 0 saturated carbocycles. The average molecular weight is 345 g/mol. The molecule has 5 nitrogen and oxygen atoms in total. The highest BCUT2D eigenvalue weighted by atomic mass is 16.5. The van der Waals surface area contributed by atoms with Crippen LogP contribution in [0.4, 0.5) is 0 Å². The van der Waals surface area contributed by atoms with Crippen molar-refractivity contribution >= 4 is 5.96 Å². The molecule has 2 saturated heterocycles. The van der Waals surface area contributed by atoms with Gasteiger partial charge in [-0.05, 0) is 50.3 Å². The van der Waals surface area contributed by atoms with E-state index in [-0.39, 0.29) is 0 Å². The van der Waals surface area contributed by atoms with Gasteiger partial charge in [0.1, 0.15) is 5.75 Å². The van der Waals surface area contributed by atoms with Gasteiger partial charge in [0, 0.05) is 38.2 Å². The highest BCUT2D eigenvalue weighted by Crippen LogP contribution is 2.38. The number of benzene rings is 1. The van der Waals surface area contributed by atoms with Crippen LogP contribution in [0.1, 0.15) is 30.9 Å². The topological polar surface area (TPSA) is 46.1 Å². The number of hydrogen-bond donors (Lipinski definition) is 1. The molecule has 1 N–H and O–H groups in total. The van der Waals surface area contributed by atoms with Crippen molar-refractivity contribution in [2.24, 2.45) is 10.4 Å². The molecule has 2 aliphatic rings. The zero-order chi connectivity index (χ0) is 17.7. The number of ether oxygens (including phenoxy) is 2. The molecule has 0 amide bonds. The summed E-state index contributed by atoms with van der Waals surface area (Å²) >= 11 is 0. The van der Waals surface area contributed by atoms with Crippen molar-refractivity contribution in [2.75, 3.05) is 46.5 Å². The second-order valence-corrected chi connectivity index (χ2v) is 7.26. The largest absolute Gasteiger partial charge is 0.496 e. The van der Waals surface area contributed by atoms with Crippen molar-refractivity contribution in [1.29, 1.82) is 0 Å². The number of guanidine groups is 1. The number of nitrogens with zero attached hydrogens (tertiary/aromatic N) is 2. The number of rotatable bonds is 5. The van der Waals surface area contributed by atoms with Crippen molar-refractivity contribution in [2.45, 2.75) is 33.1 Å². The van der Waals surface area contributed by atoms with Crippen LogP contribution in [0.5, 0.6) is 5.75 Å². The lowest BCUT2D eigenvalue weighted by Crippen LogP contribution is -2.41. The van der Waals surface area contributed by atoms with E-state index in [1.54, 1.807) is 7.11 Å². The monoisotopic (exact) mass is 345 g/mol. The van der Waals surface area contributed by atoms with Gasteiger partial charge in [0.15, 0.2) is 5.96 Å². The summed E-state index contributed by atoms with van der Waals surface area (Å²) in [4.78, 5) is 7.28. The normalized spacial score (nSPS) is 23.5. The summed E-state index contributed by atoms with van der Waals surface area (Å²) in [7, 11) is 1.73. The molecular formula is C20H31N3O2. The van der Waals surface area contributed by atoms with Crippen LogP contribution in [-0.4, -0.2) is 57.4 Å².